The molecule has 1 atom stereocenters. The Kier molecular flexibility index (Phi) is 5.53. The van der Waals surface area contributed by atoms with Crippen molar-refractivity contribution < 1.29 is 14.6 Å². The smallest absolute Gasteiger partial charge is 0.344 e. The summed E-state index contributed by atoms with van der Waals surface area (Å²) in [5.41, 5.74) is 0.967. The summed E-state index contributed by atoms with van der Waals surface area (Å²) in [5, 5.41) is 9.10. The van der Waals surface area contributed by atoms with Gasteiger partial charge in [-0.1, -0.05) is 38.0 Å². The number of aliphatic carboxylic acids is 1. The van der Waals surface area contributed by atoms with E-state index in [2.05, 4.69) is 6.92 Å². The molecule has 3 nitrogen and oxygen atoms in total. The predicted octanol–water partition coefficient (Wildman–Crippen LogP) is 3.41. The van der Waals surface area contributed by atoms with Crippen LogP contribution in [0.2, 0.25) is 0 Å². The van der Waals surface area contributed by atoms with E-state index in [-0.39, 0.29) is 0 Å². The van der Waals surface area contributed by atoms with E-state index in [1.165, 1.54) is 0 Å². The molecule has 0 aliphatic heterocycles. The number of aryl methyl sites for hydroxylation is 1. The molecular weight excluding hydrogens is 216 g/mol. The Bertz CT molecular complexity index is 360. The Morgan fingerprint density at radius 1 is 1.35 bits per heavy atom. The van der Waals surface area contributed by atoms with Crippen LogP contribution in [0.4, 0.5) is 0 Å². The molecular formula is C14H20O3. The van der Waals surface area contributed by atoms with E-state index >= 15 is 0 Å². The summed E-state index contributed by atoms with van der Waals surface area (Å²) >= 11 is 0. The zero-order valence-corrected chi connectivity index (χ0v) is 10.5. The maximum atomic E-state index is 11.1. The van der Waals surface area contributed by atoms with Crippen molar-refractivity contribution in [2.75, 3.05) is 0 Å². The zero-order chi connectivity index (χ0) is 12.7. The van der Waals surface area contributed by atoms with Crippen LogP contribution in [0.1, 0.15) is 38.2 Å². The van der Waals surface area contributed by atoms with E-state index < -0.39 is 12.1 Å². The molecule has 0 bridgehead atoms. The summed E-state index contributed by atoms with van der Waals surface area (Å²) in [6.07, 6.45) is 2.84. The van der Waals surface area contributed by atoms with Crippen LogP contribution >= 0.6 is 0 Å². The normalized spacial score (nSPS) is 12.1. The number of para-hydroxylation sites is 1. The fourth-order valence-corrected chi connectivity index (χ4v) is 1.65. The van der Waals surface area contributed by atoms with Crippen molar-refractivity contribution in [3.8, 4) is 5.75 Å². The van der Waals surface area contributed by atoms with Crippen molar-refractivity contribution >= 4 is 5.97 Å². The first-order valence-electron chi connectivity index (χ1n) is 6.10. The van der Waals surface area contributed by atoms with Crippen LogP contribution in [0.15, 0.2) is 24.3 Å². The van der Waals surface area contributed by atoms with E-state index in [0.29, 0.717) is 12.2 Å². The summed E-state index contributed by atoms with van der Waals surface area (Å²) in [7, 11) is 0. The van der Waals surface area contributed by atoms with Crippen molar-refractivity contribution in [2.45, 2.75) is 45.6 Å². The van der Waals surface area contributed by atoms with Crippen LogP contribution in [0.5, 0.6) is 5.75 Å². The second kappa shape index (κ2) is 6.94. The van der Waals surface area contributed by atoms with Crippen molar-refractivity contribution in [2.24, 2.45) is 0 Å². The van der Waals surface area contributed by atoms with E-state index in [9.17, 15) is 4.79 Å². The number of rotatable bonds is 7. The van der Waals surface area contributed by atoms with Gasteiger partial charge in [-0.3, -0.25) is 0 Å². The Labute approximate surface area is 102 Å². The minimum absolute atomic E-state index is 0.567. The fourth-order valence-electron chi connectivity index (χ4n) is 1.65. The third-order valence-electron chi connectivity index (χ3n) is 2.71. The van der Waals surface area contributed by atoms with Gasteiger partial charge >= 0.3 is 5.97 Å². The Balaban J connectivity index is 2.61. The standard InChI is InChI=1S/C14H20O3/c1-3-4-5-10-13(14(15)16)17-12-9-7-6-8-11(12)2/h6-9,13H,3-5,10H2,1-2H3,(H,15,16). The van der Waals surface area contributed by atoms with Gasteiger partial charge in [-0.15, -0.1) is 0 Å². The topological polar surface area (TPSA) is 46.5 Å². The molecule has 0 heterocycles. The van der Waals surface area contributed by atoms with Crippen molar-refractivity contribution in [3.05, 3.63) is 29.8 Å². The van der Waals surface area contributed by atoms with Crippen LogP contribution < -0.4 is 4.74 Å². The van der Waals surface area contributed by atoms with Gasteiger partial charge < -0.3 is 9.84 Å². The highest BCUT2D eigenvalue weighted by Crippen LogP contribution is 2.19. The molecule has 3 heteroatoms. The molecule has 1 rings (SSSR count). The number of unbranched alkanes of at least 4 members (excludes halogenated alkanes) is 2. The second-order valence-electron chi connectivity index (χ2n) is 4.21. The number of hydrogen-bond donors (Lipinski definition) is 1. The highest BCUT2D eigenvalue weighted by Gasteiger charge is 2.19. The molecule has 1 unspecified atom stereocenters. The Morgan fingerprint density at radius 3 is 2.65 bits per heavy atom. The van der Waals surface area contributed by atoms with Crippen LogP contribution in [-0.4, -0.2) is 17.2 Å². The van der Waals surface area contributed by atoms with Crippen LogP contribution in [0, 0.1) is 6.92 Å². The monoisotopic (exact) mass is 236 g/mol. The first-order valence-corrected chi connectivity index (χ1v) is 6.10. The highest BCUT2D eigenvalue weighted by atomic mass is 16.5. The molecule has 0 aliphatic rings. The van der Waals surface area contributed by atoms with Gasteiger partial charge in [0.25, 0.3) is 0 Å². The predicted molar refractivity (Wildman–Crippen MR) is 67.4 cm³/mol. The number of ether oxygens (including phenoxy) is 1. The number of carboxylic acid groups (broad SMARTS) is 1. The first kappa shape index (κ1) is 13.6. The Morgan fingerprint density at radius 2 is 2.06 bits per heavy atom. The summed E-state index contributed by atoms with van der Waals surface area (Å²) in [6.45, 7) is 4.01. The molecule has 1 aromatic carbocycles. The van der Waals surface area contributed by atoms with Crippen molar-refractivity contribution in [1.82, 2.24) is 0 Å². The molecule has 94 valence electrons. The van der Waals surface area contributed by atoms with Gasteiger partial charge in [-0.05, 0) is 31.4 Å². The third kappa shape index (κ3) is 4.47. The number of benzene rings is 1. The third-order valence-corrected chi connectivity index (χ3v) is 2.71. The number of carboxylic acids is 1. The highest BCUT2D eigenvalue weighted by molar-refractivity contribution is 5.72. The molecule has 0 radical (unpaired) electrons. The van der Waals surface area contributed by atoms with Crippen molar-refractivity contribution in [3.63, 3.8) is 0 Å². The average Bonchev–Trinajstić information content (AvgIpc) is 2.30. The lowest BCUT2D eigenvalue weighted by molar-refractivity contribution is -0.145. The van der Waals surface area contributed by atoms with Crippen molar-refractivity contribution in [1.29, 1.82) is 0 Å². The van der Waals surface area contributed by atoms with Gasteiger partial charge in [0.2, 0.25) is 0 Å². The first-order chi connectivity index (χ1) is 8.15. The van der Waals surface area contributed by atoms with Crippen LogP contribution in [0.3, 0.4) is 0 Å². The average molecular weight is 236 g/mol. The molecule has 0 amide bonds. The van der Waals surface area contributed by atoms with Gasteiger partial charge in [0.1, 0.15) is 5.75 Å². The molecule has 0 spiro atoms. The van der Waals surface area contributed by atoms with Gasteiger partial charge in [0.05, 0.1) is 0 Å². The summed E-state index contributed by atoms with van der Waals surface area (Å²) < 4.78 is 5.55. The molecule has 0 aromatic heterocycles. The van der Waals surface area contributed by atoms with Gasteiger partial charge in [-0.25, -0.2) is 4.79 Å². The van der Waals surface area contributed by atoms with Gasteiger partial charge in [-0.2, -0.15) is 0 Å². The molecule has 0 saturated carbocycles. The largest absolute Gasteiger partial charge is 0.479 e. The molecule has 0 saturated heterocycles. The Hall–Kier alpha value is -1.51. The lowest BCUT2D eigenvalue weighted by Crippen LogP contribution is -2.27. The number of carbonyl (C=O) groups is 1. The van der Waals surface area contributed by atoms with E-state index in [1.807, 2.05) is 31.2 Å². The minimum Gasteiger partial charge on any atom is -0.479 e. The minimum atomic E-state index is -0.885. The SMILES string of the molecule is CCCCCC(Oc1ccccc1C)C(=O)O. The maximum Gasteiger partial charge on any atom is 0.344 e. The quantitative estimate of drug-likeness (QED) is 0.738. The summed E-state index contributed by atoms with van der Waals surface area (Å²) in [6, 6.07) is 7.49. The fraction of sp³-hybridized carbons (Fsp3) is 0.500. The van der Waals surface area contributed by atoms with Gasteiger partial charge in [0, 0.05) is 0 Å². The van der Waals surface area contributed by atoms with Gasteiger partial charge in [0.15, 0.2) is 6.10 Å². The molecule has 17 heavy (non-hydrogen) atoms. The molecule has 0 fully saturated rings. The lowest BCUT2D eigenvalue weighted by Gasteiger charge is -2.16. The molecule has 0 aliphatic carbocycles. The van der Waals surface area contributed by atoms with E-state index in [4.69, 9.17) is 9.84 Å². The maximum absolute atomic E-state index is 11.1. The number of hydrogen-bond acceptors (Lipinski definition) is 2. The van der Waals surface area contributed by atoms with E-state index in [0.717, 1.165) is 24.8 Å². The van der Waals surface area contributed by atoms with Crippen LogP contribution in [0.25, 0.3) is 0 Å². The zero-order valence-electron chi connectivity index (χ0n) is 10.5. The van der Waals surface area contributed by atoms with E-state index in [1.54, 1.807) is 0 Å². The molecule has 1 N–H and O–H groups in total. The lowest BCUT2D eigenvalue weighted by atomic mass is 10.1. The molecule has 1 aromatic rings. The second-order valence-corrected chi connectivity index (χ2v) is 4.21. The van der Waals surface area contributed by atoms with Crippen LogP contribution in [-0.2, 0) is 4.79 Å². The summed E-state index contributed by atoms with van der Waals surface area (Å²) in [4.78, 5) is 11.1. The summed E-state index contributed by atoms with van der Waals surface area (Å²) in [5.74, 6) is -0.222.